The molecular weight excluding hydrogens is 444 g/mol. The van der Waals surface area contributed by atoms with Crippen molar-refractivity contribution in [3.05, 3.63) is 74.3 Å². The minimum absolute atomic E-state index is 0.0629. The molecule has 0 fully saturated rings. The molecule has 14 heteroatoms. The Hall–Kier alpha value is -4.30. The van der Waals surface area contributed by atoms with Crippen molar-refractivity contribution in [2.45, 2.75) is 11.3 Å². The van der Waals surface area contributed by atoms with Crippen molar-refractivity contribution in [1.82, 2.24) is 0 Å². The van der Waals surface area contributed by atoms with Crippen LogP contribution in [0.5, 0.6) is 0 Å². The van der Waals surface area contributed by atoms with Gasteiger partial charge in [0.2, 0.25) is 15.7 Å². The second kappa shape index (κ2) is 7.44. The van der Waals surface area contributed by atoms with Crippen LogP contribution in [0, 0.1) is 20.2 Å². The van der Waals surface area contributed by atoms with Crippen molar-refractivity contribution >= 4 is 49.5 Å². The van der Waals surface area contributed by atoms with Crippen LogP contribution >= 0.6 is 0 Å². The van der Waals surface area contributed by atoms with Crippen molar-refractivity contribution in [2.24, 2.45) is 10.4 Å². The number of nitrogens with one attached hydrogen (secondary N) is 1. The molecule has 3 aromatic rings. The molecule has 1 heterocycles. The molecule has 162 valence electrons. The third-order valence-electron chi connectivity index (χ3n) is 4.85. The molecule has 13 nitrogen and oxygen atoms in total. The Bertz CT molecular complexity index is 1470. The van der Waals surface area contributed by atoms with E-state index >= 15 is 0 Å². The van der Waals surface area contributed by atoms with Crippen LogP contribution in [-0.4, -0.2) is 24.2 Å². The summed E-state index contributed by atoms with van der Waals surface area (Å²) in [7, 11) is -4.36. The second-order valence-electron chi connectivity index (χ2n) is 6.77. The lowest BCUT2D eigenvalue weighted by molar-refractivity contribution is -0.459. The van der Waals surface area contributed by atoms with Crippen LogP contribution in [0.15, 0.2) is 58.6 Å². The molecule has 0 bridgehead atoms. The van der Waals surface area contributed by atoms with E-state index in [4.69, 9.17) is 5.14 Å². The predicted molar refractivity (Wildman–Crippen MR) is 109 cm³/mol. The van der Waals surface area contributed by atoms with Gasteiger partial charge in [-0.05, 0) is 35.0 Å². The molecule has 4 rings (SSSR count). The first-order valence-corrected chi connectivity index (χ1v) is 10.4. The Labute approximate surface area is 179 Å². The summed E-state index contributed by atoms with van der Waals surface area (Å²) in [6.45, 7) is 0. The van der Waals surface area contributed by atoms with Crippen molar-refractivity contribution in [1.29, 1.82) is 0 Å². The number of rotatable bonds is 5. The van der Waals surface area contributed by atoms with E-state index in [1.165, 1.54) is 30.3 Å². The van der Waals surface area contributed by atoms with E-state index in [2.05, 4.69) is 10.3 Å². The van der Waals surface area contributed by atoms with Crippen molar-refractivity contribution in [3.63, 3.8) is 0 Å². The topological polar surface area (TPSA) is 193 Å². The molecule has 0 spiro atoms. The Morgan fingerprint density at radius 2 is 1.72 bits per heavy atom. The van der Waals surface area contributed by atoms with Crippen LogP contribution < -0.4 is 15.3 Å². The van der Waals surface area contributed by atoms with Gasteiger partial charge in [0, 0.05) is 17.7 Å². The molecule has 0 saturated carbocycles. The number of nitro groups is 2. The molecule has 0 aliphatic carbocycles. The Balaban J connectivity index is 1.84. The van der Waals surface area contributed by atoms with Gasteiger partial charge in [0.1, 0.15) is 0 Å². The number of carbonyl (C=O) groups excluding carboxylic acids is 1. The third-order valence-corrected chi connectivity index (χ3v) is 5.79. The quantitative estimate of drug-likeness (QED) is 0.323. The van der Waals surface area contributed by atoms with Gasteiger partial charge in [-0.15, -0.1) is 5.11 Å². The van der Waals surface area contributed by atoms with E-state index in [9.17, 15) is 33.4 Å². The lowest BCUT2D eigenvalue weighted by atomic mass is 10.0. The van der Waals surface area contributed by atoms with E-state index in [0.29, 0.717) is 22.0 Å². The minimum atomic E-state index is -4.36. The standard InChI is InChI=1S/C18H12N6O7S/c19-32(30,31)17-7-10-5-6-14-12(11(10)8-16(17)24(28)29)9-18(25)22(14)21-20-13-3-1-2-4-15(13)23(26)27/h1-8H,9H2,(H2,19,30,31)/p+1. The number of carbonyl (C=O) groups is 1. The molecule has 1 amide bonds. The largest absolute Gasteiger partial charge is 0.339 e. The van der Waals surface area contributed by atoms with Crippen LogP contribution in [0.2, 0.25) is 0 Å². The fourth-order valence-electron chi connectivity index (χ4n) is 3.45. The zero-order valence-corrected chi connectivity index (χ0v) is 16.8. The van der Waals surface area contributed by atoms with Gasteiger partial charge < -0.3 is 0 Å². The fraction of sp³-hybridized carbons (Fsp3) is 0.0556. The number of hydrogen-bond donors (Lipinski definition) is 2. The number of sulfonamides is 1. The maximum Gasteiger partial charge on any atom is 0.339 e. The number of anilines is 1. The van der Waals surface area contributed by atoms with E-state index in [1.54, 1.807) is 6.07 Å². The molecule has 0 unspecified atom stereocenters. The highest BCUT2D eigenvalue weighted by molar-refractivity contribution is 7.89. The lowest BCUT2D eigenvalue weighted by Gasteiger charge is -2.07. The maximum absolute atomic E-state index is 12.6. The molecule has 0 radical (unpaired) electrons. The summed E-state index contributed by atoms with van der Waals surface area (Å²) in [5.74, 6) is -0.489. The van der Waals surface area contributed by atoms with Gasteiger partial charge in [-0.25, -0.2) is 18.4 Å². The summed E-state index contributed by atoms with van der Waals surface area (Å²) >= 11 is 0. The summed E-state index contributed by atoms with van der Waals surface area (Å²) in [4.78, 5) is 33.0. The number of nitrogens with two attached hydrogens (primary N) is 1. The van der Waals surface area contributed by atoms with Crippen LogP contribution in [0.3, 0.4) is 0 Å². The number of amides is 1. The van der Waals surface area contributed by atoms with E-state index < -0.39 is 36.4 Å². The highest BCUT2D eigenvalue weighted by Gasteiger charge is 2.37. The average molecular weight is 457 g/mol. The van der Waals surface area contributed by atoms with Gasteiger partial charge in [0.15, 0.2) is 10.6 Å². The van der Waals surface area contributed by atoms with Crippen LogP contribution in [0.1, 0.15) is 5.56 Å². The first-order valence-electron chi connectivity index (χ1n) is 8.88. The van der Waals surface area contributed by atoms with E-state index in [-0.39, 0.29) is 17.8 Å². The predicted octanol–water partition coefficient (Wildman–Crippen LogP) is 0.972. The zero-order chi connectivity index (χ0) is 23.2. The number of hydrogen-bond acceptors (Lipinski definition) is 8. The molecule has 1 aliphatic rings. The smallest absolute Gasteiger partial charge is 0.258 e. The Kier molecular flexibility index (Phi) is 4.87. The number of nitrogens with zero attached hydrogens (tertiary/aromatic N) is 4. The second-order valence-corrected chi connectivity index (χ2v) is 8.30. The Morgan fingerprint density at radius 1 is 1.03 bits per heavy atom. The number of nitro benzene ring substituents is 2. The molecule has 32 heavy (non-hydrogen) atoms. The summed E-state index contributed by atoms with van der Waals surface area (Å²) in [6, 6.07) is 10.8. The van der Waals surface area contributed by atoms with Gasteiger partial charge in [0.05, 0.1) is 21.5 Å². The van der Waals surface area contributed by atoms with Gasteiger partial charge in [-0.1, -0.05) is 17.1 Å². The van der Waals surface area contributed by atoms with Crippen LogP contribution in [-0.2, 0) is 21.2 Å². The molecular formula is C18H13N6O7S+. The Morgan fingerprint density at radius 3 is 2.38 bits per heavy atom. The normalized spacial score (nSPS) is 13.7. The molecule has 3 aromatic carbocycles. The van der Waals surface area contributed by atoms with Crippen molar-refractivity contribution in [2.75, 3.05) is 5.01 Å². The fourth-order valence-corrected chi connectivity index (χ4v) is 4.16. The number of fused-ring (bicyclic) bond motifs is 3. The molecule has 1 aliphatic heterocycles. The summed E-state index contributed by atoms with van der Waals surface area (Å²) in [5, 5.41) is 35.7. The lowest BCUT2D eigenvalue weighted by Crippen LogP contribution is -2.60. The SMILES string of the molecule is NS(=O)(=O)c1cc2ccc3c(c2cc1[N+](=O)[O-])CC(=O)N3N=[NH+]c1ccccc1[N+](=O)[O-]. The number of primary sulfonamides is 1. The highest BCUT2D eigenvalue weighted by atomic mass is 32.2. The highest BCUT2D eigenvalue weighted by Crippen LogP contribution is 2.38. The van der Waals surface area contributed by atoms with Crippen LogP contribution in [0.25, 0.3) is 10.8 Å². The zero-order valence-electron chi connectivity index (χ0n) is 16.0. The molecule has 0 atom stereocenters. The van der Waals surface area contributed by atoms with Gasteiger partial charge in [-0.2, -0.15) is 0 Å². The monoisotopic (exact) mass is 457 g/mol. The molecule has 3 N–H and O–H groups in total. The minimum Gasteiger partial charge on any atom is -0.258 e. The summed E-state index contributed by atoms with van der Waals surface area (Å²) in [5.41, 5.74) is -0.203. The molecule has 0 saturated heterocycles. The number of para-hydroxylation sites is 2. The third kappa shape index (κ3) is 3.52. The first-order chi connectivity index (χ1) is 15.1. The van der Waals surface area contributed by atoms with Crippen molar-refractivity contribution in [3.8, 4) is 0 Å². The van der Waals surface area contributed by atoms with Crippen molar-refractivity contribution < 1.29 is 28.2 Å². The summed E-state index contributed by atoms with van der Waals surface area (Å²) in [6.07, 6.45) is -0.166. The van der Waals surface area contributed by atoms with Crippen LogP contribution in [0.4, 0.5) is 22.7 Å². The van der Waals surface area contributed by atoms with Gasteiger partial charge in [-0.3, -0.25) is 20.2 Å². The van der Waals surface area contributed by atoms with E-state index in [0.717, 1.165) is 17.1 Å². The van der Waals surface area contributed by atoms with Gasteiger partial charge in [0.25, 0.3) is 5.69 Å². The van der Waals surface area contributed by atoms with Gasteiger partial charge >= 0.3 is 11.6 Å². The maximum atomic E-state index is 12.6. The first kappa shape index (κ1) is 21.0. The summed E-state index contributed by atoms with van der Waals surface area (Å²) < 4.78 is 23.5. The van der Waals surface area contributed by atoms with E-state index in [1.807, 2.05) is 0 Å². The molecule has 0 aromatic heterocycles. The average Bonchev–Trinajstić information content (AvgIpc) is 3.06. The number of benzene rings is 3.